The number of amides is 7. The fourth-order valence-corrected chi connectivity index (χ4v) is 6.36. The molecule has 6 atom stereocenters. The second-order valence-electron chi connectivity index (χ2n) is 15.2. The van der Waals surface area contributed by atoms with Gasteiger partial charge in [0.15, 0.2) is 0 Å². The van der Waals surface area contributed by atoms with Crippen molar-refractivity contribution >= 4 is 65.0 Å². The van der Waals surface area contributed by atoms with Crippen molar-refractivity contribution in [2.24, 2.45) is 11.8 Å². The lowest BCUT2D eigenvalue weighted by atomic mass is 9.98. The molecule has 60 heavy (non-hydrogen) atoms. The van der Waals surface area contributed by atoms with Crippen molar-refractivity contribution in [3.05, 3.63) is 0 Å². The number of hydrogen-bond donors (Lipinski definition) is 8. The van der Waals surface area contributed by atoms with Gasteiger partial charge >= 0.3 is 17.9 Å². The van der Waals surface area contributed by atoms with Crippen molar-refractivity contribution in [3.8, 4) is 0 Å². The number of ether oxygens (including phenoxy) is 1. The molecule has 6 unspecified atom stereocenters. The van der Waals surface area contributed by atoms with Crippen molar-refractivity contribution in [2.45, 2.75) is 149 Å². The van der Waals surface area contributed by atoms with Gasteiger partial charge in [-0.25, -0.2) is 0 Å². The Balaban J connectivity index is 3.16. The molecule has 21 heteroatoms. The molecule has 7 amide bonds. The number of nitrogens with one attached hydrogen (secondary N) is 6. The zero-order valence-corrected chi connectivity index (χ0v) is 35.6. The summed E-state index contributed by atoms with van der Waals surface area (Å²) >= 11 is 0. The fourth-order valence-electron chi connectivity index (χ4n) is 6.36. The second kappa shape index (κ2) is 26.5. The number of rotatable bonds is 27. The van der Waals surface area contributed by atoms with E-state index in [4.69, 9.17) is 9.84 Å². The molecule has 1 aliphatic rings. The first-order valence-electron chi connectivity index (χ1n) is 20.3. The molecule has 0 aromatic carbocycles. The smallest absolute Gasteiger partial charge is 0.305 e. The highest BCUT2D eigenvalue weighted by Crippen LogP contribution is 2.21. The van der Waals surface area contributed by atoms with Gasteiger partial charge in [0.2, 0.25) is 41.2 Å². The van der Waals surface area contributed by atoms with E-state index in [1.165, 1.54) is 4.90 Å². The molecule has 0 saturated carbocycles. The van der Waals surface area contributed by atoms with E-state index in [9.17, 15) is 57.8 Å². The van der Waals surface area contributed by atoms with Gasteiger partial charge in [0.05, 0.1) is 12.6 Å². The second-order valence-corrected chi connectivity index (χ2v) is 15.2. The summed E-state index contributed by atoms with van der Waals surface area (Å²) in [7, 11) is 0. The van der Waals surface area contributed by atoms with Crippen LogP contribution in [0.25, 0.3) is 0 Å². The van der Waals surface area contributed by atoms with Crippen LogP contribution in [-0.4, -0.2) is 136 Å². The molecule has 1 fully saturated rings. The van der Waals surface area contributed by atoms with Gasteiger partial charge in [-0.05, 0) is 57.3 Å². The molecule has 0 spiro atoms. The Morgan fingerprint density at radius 2 is 1.23 bits per heavy atom. The first kappa shape index (κ1) is 52.4. The van der Waals surface area contributed by atoms with Crippen LogP contribution in [0.3, 0.4) is 0 Å². The Morgan fingerprint density at radius 3 is 1.75 bits per heavy atom. The molecule has 21 nitrogen and oxygen atoms in total. The highest BCUT2D eigenvalue weighted by Gasteiger charge is 2.41. The van der Waals surface area contributed by atoms with E-state index in [2.05, 4.69) is 31.9 Å². The summed E-state index contributed by atoms with van der Waals surface area (Å²) in [6, 6.07) is -7.63. The molecular weight excluding hydrogens is 790 g/mol. The van der Waals surface area contributed by atoms with Crippen LogP contribution in [0, 0.1) is 11.8 Å². The minimum absolute atomic E-state index is 0.0309. The maximum atomic E-state index is 14.1. The Bertz CT molecular complexity index is 1570. The third kappa shape index (κ3) is 18.1. The molecule has 0 bridgehead atoms. The van der Waals surface area contributed by atoms with Gasteiger partial charge in [0.1, 0.15) is 30.2 Å². The molecule has 0 aromatic heterocycles. The molecular formula is C39H63N7O14. The summed E-state index contributed by atoms with van der Waals surface area (Å²) in [5.74, 6) is -10.6. The maximum absolute atomic E-state index is 14.1. The standard InChI is InChI=1S/C39H63N7O14/c1-8-12-24(33(53)38(58)40-19-10-14-30(52)60-9-2)42-36(56)27-13-11-20-46(27)39(59)32(22(5)6)45-37(57)31(21(3)4)44-35(55)26(16-18-29(50)51)43-34(54)25(41-23(7)47)15-17-28(48)49/h21-22,24-27,31-32H,8-20H2,1-7H3,(H,40,58)(H,41,47)(H,42,56)(H,43,54)(H,44,55)(H,45,57)(H,48,49)(H,50,51). The number of carboxylic acids is 2. The van der Waals surface area contributed by atoms with Crippen LogP contribution in [0.2, 0.25) is 0 Å². The highest BCUT2D eigenvalue weighted by atomic mass is 16.5. The third-order valence-corrected chi connectivity index (χ3v) is 9.52. The van der Waals surface area contributed by atoms with Crippen molar-refractivity contribution < 1.29 is 67.7 Å². The quantitative estimate of drug-likeness (QED) is 0.0288. The van der Waals surface area contributed by atoms with Crippen LogP contribution in [0.1, 0.15) is 113 Å². The number of hydrogen-bond acceptors (Lipinski definition) is 12. The average Bonchev–Trinajstić information content (AvgIpc) is 3.66. The first-order chi connectivity index (χ1) is 28.1. The number of aliphatic carboxylic acids is 2. The number of carboxylic acid groups (broad SMARTS) is 2. The van der Waals surface area contributed by atoms with E-state index in [1.54, 1.807) is 41.5 Å². The molecule has 338 valence electrons. The molecule has 8 N–H and O–H groups in total. The Morgan fingerprint density at radius 1 is 0.683 bits per heavy atom. The Hall–Kier alpha value is -5.63. The molecule has 0 radical (unpaired) electrons. The van der Waals surface area contributed by atoms with Gasteiger partial charge in [-0.1, -0.05) is 41.0 Å². The number of esters is 1. The zero-order chi connectivity index (χ0) is 45.7. The normalized spacial score (nSPS) is 16.0. The lowest BCUT2D eigenvalue weighted by Crippen LogP contribution is -2.61. The summed E-state index contributed by atoms with van der Waals surface area (Å²) in [6.45, 7) is 11.4. The van der Waals surface area contributed by atoms with E-state index >= 15 is 0 Å². The van der Waals surface area contributed by atoms with Crippen molar-refractivity contribution in [2.75, 3.05) is 19.7 Å². The first-order valence-corrected chi connectivity index (χ1v) is 20.3. The van der Waals surface area contributed by atoms with Gasteiger partial charge < -0.3 is 51.8 Å². The van der Waals surface area contributed by atoms with E-state index < -0.39 is 132 Å². The largest absolute Gasteiger partial charge is 0.481 e. The number of carbonyl (C=O) groups excluding carboxylic acids is 9. The number of ketones is 1. The van der Waals surface area contributed by atoms with Gasteiger partial charge in [0, 0.05) is 39.3 Å². The number of likely N-dealkylation sites (tertiary alicyclic amines) is 1. The summed E-state index contributed by atoms with van der Waals surface area (Å²) in [5, 5.41) is 33.3. The molecule has 1 heterocycles. The van der Waals surface area contributed by atoms with Gasteiger partial charge in [-0.3, -0.25) is 52.7 Å². The van der Waals surface area contributed by atoms with Crippen molar-refractivity contribution in [1.29, 1.82) is 0 Å². The summed E-state index contributed by atoms with van der Waals surface area (Å²) in [4.78, 5) is 141. The van der Waals surface area contributed by atoms with Crippen LogP contribution in [0.15, 0.2) is 0 Å². The average molecular weight is 854 g/mol. The predicted molar refractivity (Wildman–Crippen MR) is 212 cm³/mol. The maximum Gasteiger partial charge on any atom is 0.305 e. The van der Waals surface area contributed by atoms with Crippen LogP contribution in [0.4, 0.5) is 0 Å². The van der Waals surface area contributed by atoms with Gasteiger partial charge in [-0.2, -0.15) is 0 Å². The summed E-state index contributed by atoms with van der Waals surface area (Å²) < 4.78 is 4.84. The fraction of sp³-hybridized carbons (Fsp3) is 0.718. The van der Waals surface area contributed by atoms with E-state index in [0.717, 1.165) is 6.92 Å². The van der Waals surface area contributed by atoms with Crippen LogP contribution >= 0.6 is 0 Å². The molecule has 1 saturated heterocycles. The number of carbonyl (C=O) groups is 11. The van der Waals surface area contributed by atoms with E-state index in [1.807, 2.05) is 0 Å². The SMILES string of the molecule is CCCC(NC(=O)C1CCCN1C(=O)C(NC(=O)C(NC(=O)C(CCC(=O)O)NC(=O)C(CCC(=O)O)NC(C)=O)C(C)C)C(C)C)C(=O)C(=O)NCCCC(=O)OCC. The number of nitrogens with zero attached hydrogens (tertiary/aromatic N) is 1. The number of Topliss-reactive ketones (excluding diaryl/α,β-unsaturated/α-hetero) is 1. The molecule has 1 rings (SSSR count). The van der Waals surface area contributed by atoms with Crippen LogP contribution < -0.4 is 31.9 Å². The summed E-state index contributed by atoms with van der Waals surface area (Å²) in [6.07, 6.45) is -0.327. The molecule has 0 aromatic rings. The van der Waals surface area contributed by atoms with E-state index in [0.29, 0.717) is 12.8 Å². The highest BCUT2D eigenvalue weighted by molar-refractivity contribution is 6.38. The van der Waals surface area contributed by atoms with E-state index in [-0.39, 0.29) is 51.8 Å². The minimum atomic E-state index is -1.53. The Labute approximate surface area is 349 Å². The van der Waals surface area contributed by atoms with Gasteiger partial charge in [0.25, 0.3) is 5.91 Å². The summed E-state index contributed by atoms with van der Waals surface area (Å²) in [5.41, 5.74) is 0. The van der Waals surface area contributed by atoms with Crippen LogP contribution in [0.5, 0.6) is 0 Å². The monoisotopic (exact) mass is 853 g/mol. The van der Waals surface area contributed by atoms with Crippen LogP contribution in [-0.2, 0) is 57.5 Å². The predicted octanol–water partition coefficient (Wildman–Crippen LogP) is -0.708. The third-order valence-electron chi connectivity index (χ3n) is 9.52. The lowest BCUT2D eigenvalue weighted by molar-refractivity contribution is -0.144. The zero-order valence-electron chi connectivity index (χ0n) is 35.6. The lowest BCUT2D eigenvalue weighted by Gasteiger charge is -2.33. The van der Waals surface area contributed by atoms with Gasteiger partial charge in [-0.15, -0.1) is 0 Å². The minimum Gasteiger partial charge on any atom is -0.481 e. The molecule has 1 aliphatic heterocycles. The molecule has 0 aliphatic carbocycles. The topological polar surface area (TPSA) is 313 Å². The Kier molecular flexibility index (Phi) is 23.1. The van der Waals surface area contributed by atoms with Crippen molar-refractivity contribution in [1.82, 2.24) is 36.8 Å². The van der Waals surface area contributed by atoms with Crippen molar-refractivity contribution in [3.63, 3.8) is 0 Å².